The molecule has 0 radical (unpaired) electrons. The lowest BCUT2D eigenvalue weighted by Crippen LogP contribution is -2.04. The standard InChI is InChI=1S/C28H20O3/c29-22-17-23(24(30)16-19-10-4-1-5-11-19)27-25(18-22)31-28(21-14-8-3-9-15-21)26(27)20-12-6-2-7-13-20/h1-15,17-18,29H,16H2. The summed E-state index contributed by atoms with van der Waals surface area (Å²) in [5, 5.41) is 11.1. The van der Waals surface area contributed by atoms with Crippen LogP contribution in [0.2, 0.25) is 0 Å². The molecular weight excluding hydrogens is 384 g/mol. The number of hydrogen-bond donors (Lipinski definition) is 1. The maximum atomic E-state index is 13.4. The first-order chi connectivity index (χ1) is 15.2. The van der Waals surface area contributed by atoms with Gasteiger partial charge < -0.3 is 9.52 Å². The Bertz CT molecular complexity index is 1350. The van der Waals surface area contributed by atoms with Crippen LogP contribution in [-0.2, 0) is 6.42 Å². The molecule has 0 bridgehead atoms. The molecule has 0 atom stereocenters. The highest BCUT2D eigenvalue weighted by molar-refractivity contribution is 6.15. The second kappa shape index (κ2) is 7.96. The number of benzene rings is 4. The van der Waals surface area contributed by atoms with E-state index >= 15 is 0 Å². The molecule has 1 aromatic heterocycles. The first kappa shape index (κ1) is 18.9. The van der Waals surface area contributed by atoms with E-state index in [0.29, 0.717) is 16.9 Å². The predicted molar refractivity (Wildman–Crippen MR) is 123 cm³/mol. The van der Waals surface area contributed by atoms with Crippen molar-refractivity contribution in [3.63, 3.8) is 0 Å². The molecule has 0 aliphatic heterocycles. The number of furan rings is 1. The molecule has 5 aromatic rings. The number of fused-ring (bicyclic) bond motifs is 1. The average Bonchev–Trinajstić information content (AvgIpc) is 3.19. The third-order valence-electron chi connectivity index (χ3n) is 5.38. The van der Waals surface area contributed by atoms with Crippen LogP contribution in [0, 0.1) is 0 Å². The van der Waals surface area contributed by atoms with E-state index in [9.17, 15) is 9.90 Å². The van der Waals surface area contributed by atoms with Crippen molar-refractivity contribution in [1.29, 1.82) is 0 Å². The monoisotopic (exact) mass is 404 g/mol. The number of rotatable bonds is 5. The molecule has 3 heteroatoms. The number of phenols is 1. The highest BCUT2D eigenvalue weighted by atomic mass is 16.3. The summed E-state index contributed by atoms with van der Waals surface area (Å²) in [6.45, 7) is 0. The second-order valence-electron chi connectivity index (χ2n) is 7.49. The fourth-order valence-electron chi connectivity index (χ4n) is 3.98. The van der Waals surface area contributed by atoms with Gasteiger partial charge in [-0.2, -0.15) is 0 Å². The van der Waals surface area contributed by atoms with Gasteiger partial charge in [-0.05, 0) is 17.2 Å². The second-order valence-corrected chi connectivity index (χ2v) is 7.49. The highest BCUT2D eigenvalue weighted by Crippen LogP contribution is 2.43. The minimum absolute atomic E-state index is 0.0110. The van der Waals surface area contributed by atoms with Crippen LogP contribution in [0.5, 0.6) is 5.75 Å². The van der Waals surface area contributed by atoms with Gasteiger partial charge in [-0.1, -0.05) is 91.0 Å². The summed E-state index contributed by atoms with van der Waals surface area (Å²) >= 11 is 0. The van der Waals surface area contributed by atoms with Crippen molar-refractivity contribution < 1.29 is 14.3 Å². The molecule has 0 fully saturated rings. The lowest BCUT2D eigenvalue weighted by atomic mass is 9.93. The summed E-state index contributed by atoms with van der Waals surface area (Å²) < 4.78 is 6.25. The number of aromatic hydroxyl groups is 1. The van der Waals surface area contributed by atoms with Crippen molar-refractivity contribution in [3.05, 3.63) is 114 Å². The zero-order valence-corrected chi connectivity index (χ0v) is 16.8. The first-order valence-electron chi connectivity index (χ1n) is 10.2. The number of phenolic OH excluding ortho intramolecular Hbond substituents is 1. The van der Waals surface area contributed by atoms with Crippen LogP contribution in [0.1, 0.15) is 15.9 Å². The van der Waals surface area contributed by atoms with Crippen LogP contribution >= 0.6 is 0 Å². The van der Waals surface area contributed by atoms with Gasteiger partial charge in [0.1, 0.15) is 17.1 Å². The van der Waals surface area contributed by atoms with E-state index in [-0.39, 0.29) is 18.0 Å². The number of carbonyl (C=O) groups is 1. The van der Waals surface area contributed by atoms with Gasteiger partial charge in [0, 0.05) is 34.6 Å². The average molecular weight is 404 g/mol. The molecule has 0 saturated carbocycles. The Labute approximate surface area is 180 Å². The van der Waals surface area contributed by atoms with Gasteiger partial charge in [0.25, 0.3) is 0 Å². The van der Waals surface area contributed by atoms with Crippen molar-refractivity contribution in [3.8, 4) is 28.2 Å². The van der Waals surface area contributed by atoms with E-state index in [0.717, 1.165) is 27.6 Å². The van der Waals surface area contributed by atoms with Crippen LogP contribution in [0.4, 0.5) is 0 Å². The molecule has 0 spiro atoms. The Balaban J connectivity index is 1.77. The van der Waals surface area contributed by atoms with Crippen LogP contribution in [0.15, 0.2) is 108 Å². The summed E-state index contributed by atoms with van der Waals surface area (Å²) in [5.41, 5.74) is 4.62. The molecule has 3 nitrogen and oxygen atoms in total. The summed E-state index contributed by atoms with van der Waals surface area (Å²) in [6.07, 6.45) is 0.249. The van der Waals surface area contributed by atoms with E-state index in [2.05, 4.69) is 0 Å². The van der Waals surface area contributed by atoms with Crippen molar-refractivity contribution in [2.45, 2.75) is 6.42 Å². The van der Waals surface area contributed by atoms with Gasteiger partial charge >= 0.3 is 0 Å². The minimum Gasteiger partial charge on any atom is -0.508 e. The lowest BCUT2D eigenvalue weighted by molar-refractivity contribution is 0.0994. The summed E-state index contributed by atoms with van der Waals surface area (Å²) in [7, 11) is 0. The predicted octanol–water partition coefficient (Wildman–Crippen LogP) is 6.90. The van der Waals surface area contributed by atoms with Crippen molar-refractivity contribution in [2.75, 3.05) is 0 Å². The molecule has 1 N–H and O–H groups in total. The maximum absolute atomic E-state index is 13.4. The van der Waals surface area contributed by atoms with E-state index in [4.69, 9.17) is 4.42 Å². The van der Waals surface area contributed by atoms with E-state index in [1.807, 2.05) is 91.0 Å². The van der Waals surface area contributed by atoms with Gasteiger partial charge in [-0.25, -0.2) is 0 Å². The molecule has 0 aliphatic rings. The molecule has 0 saturated heterocycles. The number of carbonyl (C=O) groups excluding carboxylic acids is 1. The van der Waals surface area contributed by atoms with E-state index in [1.165, 1.54) is 0 Å². The van der Waals surface area contributed by atoms with Gasteiger partial charge in [-0.3, -0.25) is 4.79 Å². The van der Waals surface area contributed by atoms with Crippen LogP contribution in [-0.4, -0.2) is 10.9 Å². The molecular formula is C28H20O3. The minimum atomic E-state index is -0.0651. The smallest absolute Gasteiger partial charge is 0.168 e. The van der Waals surface area contributed by atoms with Gasteiger partial charge in [0.05, 0.1) is 0 Å². The molecule has 4 aromatic carbocycles. The summed E-state index contributed by atoms with van der Waals surface area (Å²) in [5.74, 6) is 0.628. The van der Waals surface area contributed by atoms with E-state index < -0.39 is 0 Å². The Hall–Kier alpha value is -4.11. The summed E-state index contributed by atoms with van der Waals surface area (Å²) in [6, 6.07) is 32.5. The van der Waals surface area contributed by atoms with Gasteiger partial charge in [-0.15, -0.1) is 0 Å². The molecule has 0 amide bonds. The SMILES string of the molecule is O=C(Cc1ccccc1)c1cc(O)cc2oc(-c3ccccc3)c(-c3ccccc3)c12. The molecule has 150 valence electrons. The van der Waals surface area contributed by atoms with Crippen molar-refractivity contribution in [1.82, 2.24) is 0 Å². The van der Waals surface area contributed by atoms with Crippen LogP contribution < -0.4 is 0 Å². The third kappa shape index (κ3) is 3.62. The number of hydrogen-bond acceptors (Lipinski definition) is 3. The summed E-state index contributed by atoms with van der Waals surface area (Å²) in [4.78, 5) is 13.4. The quantitative estimate of drug-likeness (QED) is 0.324. The van der Waals surface area contributed by atoms with Crippen molar-refractivity contribution in [2.24, 2.45) is 0 Å². The number of ketones is 1. The molecule has 5 rings (SSSR count). The zero-order valence-electron chi connectivity index (χ0n) is 16.8. The lowest BCUT2D eigenvalue weighted by Gasteiger charge is -2.08. The number of Topliss-reactive ketones (excluding diaryl/α,β-unsaturated/α-hetero) is 1. The van der Waals surface area contributed by atoms with E-state index in [1.54, 1.807) is 12.1 Å². The zero-order chi connectivity index (χ0) is 21.2. The van der Waals surface area contributed by atoms with Gasteiger partial charge in [0.15, 0.2) is 5.78 Å². The molecule has 31 heavy (non-hydrogen) atoms. The van der Waals surface area contributed by atoms with Crippen LogP contribution in [0.3, 0.4) is 0 Å². The fourth-order valence-corrected chi connectivity index (χ4v) is 3.98. The normalized spacial score (nSPS) is 11.0. The molecule has 0 aliphatic carbocycles. The first-order valence-corrected chi connectivity index (χ1v) is 10.2. The van der Waals surface area contributed by atoms with Crippen LogP contribution in [0.25, 0.3) is 33.4 Å². The van der Waals surface area contributed by atoms with Crippen molar-refractivity contribution >= 4 is 16.8 Å². The topological polar surface area (TPSA) is 50.4 Å². The largest absolute Gasteiger partial charge is 0.508 e. The fraction of sp³-hybridized carbons (Fsp3) is 0.0357. The van der Waals surface area contributed by atoms with Gasteiger partial charge in [0.2, 0.25) is 0 Å². The Morgan fingerprint density at radius 2 is 1.32 bits per heavy atom. The maximum Gasteiger partial charge on any atom is 0.168 e. The molecule has 1 heterocycles. The molecule has 0 unspecified atom stereocenters. The highest BCUT2D eigenvalue weighted by Gasteiger charge is 2.24. The third-order valence-corrected chi connectivity index (χ3v) is 5.38. The Morgan fingerprint density at radius 1 is 0.742 bits per heavy atom. The Kier molecular flexibility index (Phi) is 4.85. The Morgan fingerprint density at radius 3 is 1.97 bits per heavy atom.